The Kier molecular flexibility index (Phi) is 67.4. The molecule has 0 spiro atoms. The normalized spacial score (nSPS) is 12.8. The fraction of sp³-hybridized carbons (Fsp3) is 0.865. The third kappa shape index (κ3) is 65.0. The first-order chi connectivity index (χ1) is 39.5. The number of aliphatic hydroxyl groups is 2. The number of carbonyl (C=O) groups excluding carboxylic acids is 2. The third-order valence-corrected chi connectivity index (χ3v) is 16.6. The van der Waals surface area contributed by atoms with E-state index in [4.69, 9.17) is 4.74 Å². The number of esters is 1. The van der Waals surface area contributed by atoms with Crippen LogP contribution < -0.4 is 5.32 Å². The quantitative estimate of drug-likeness (QED) is 0.0320. The van der Waals surface area contributed by atoms with Gasteiger partial charge in [0, 0.05) is 12.8 Å². The standard InChI is InChI=1S/C74H139NO5/c1-3-5-7-9-11-13-15-17-19-35-40-44-48-52-56-60-64-68-74(79)80-69-65-61-57-53-49-45-41-37-34-32-30-28-26-24-22-20-21-23-25-27-29-31-33-36-39-43-47-51-55-59-63-67-73(78)75-71(70-76)72(77)66-62-58-54-50-46-42-38-18-16-14-12-10-8-6-4-2/h17,19,22,24,28,30,62,66,71-72,76-77H,3-16,18,20-21,23,25-27,29,31-61,63-65,67-70H2,1-2H3,(H,75,78)/b19-17-,24-22-,30-28-,66-62+. The van der Waals surface area contributed by atoms with Crippen LogP contribution >= 0.6 is 0 Å². The van der Waals surface area contributed by atoms with Crippen molar-refractivity contribution in [3.05, 3.63) is 48.6 Å². The van der Waals surface area contributed by atoms with Gasteiger partial charge in [0.25, 0.3) is 0 Å². The van der Waals surface area contributed by atoms with Crippen LogP contribution in [-0.4, -0.2) is 47.4 Å². The van der Waals surface area contributed by atoms with Gasteiger partial charge in [-0.25, -0.2) is 0 Å². The number of allylic oxidation sites excluding steroid dienone is 7. The lowest BCUT2D eigenvalue weighted by Crippen LogP contribution is -2.45. The summed E-state index contributed by atoms with van der Waals surface area (Å²) in [5.74, 6) is -0.0560. The molecule has 0 bridgehead atoms. The molecule has 0 radical (unpaired) electrons. The van der Waals surface area contributed by atoms with Crippen LogP contribution in [-0.2, 0) is 14.3 Å². The number of hydrogen-bond donors (Lipinski definition) is 3. The van der Waals surface area contributed by atoms with E-state index in [2.05, 4.69) is 55.6 Å². The van der Waals surface area contributed by atoms with Crippen molar-refractivity contribution < 1.29 is 24.5 Å². The first-order valence-electron chi connectivity index (χ1n) is 35.9. The summed E-state index contributed by atoms with van der Waals surface area (Å²) in [7, 11) is 0. The van der Waals surface area contributed by atoms with E-state index in [1.54, 1.807) is 6.08 Å². The van der Waals surface area contributed by atoms with Crippen molar-refractivity contribution in [2.45, 2.75) is 398 Å². The minimum Gasteiger partial charge on any atom is -0.466 e. The van der Waals surface area contributed by atoms with Gasteiger partial charge in [0.2, 0.25) is 5.91 Å². The summed E-state index contributed by atoms with van der Waals surface area (Å²) in [6.45, 7) is 4.92. The molecule has 0 aliphatic carbocycles. The predicted octanol–water partition coefficient (Wildman–Crippen LogP) is 23.3. The van der Waals surface area contributed by atoms with Gasteiger partial charge < -0.3 is 20.3 Å². The van der Waals surface area contributed by atoms with E-state index in [-0.39, 0.29) is 18.5 Å². The van der Waals surface area contributed by atoms with Gasteiger partial charge in [0.1, 0.15) is 0 Å². The summed E-state index contributed by atoms with van der Waals surface area (Å²) in [5.41, 5.74) is 0. The number of amides is 1. The zero-order chi connectivity index (χ0) is 57.8. The first kappa shape index (κ1) is 77.8. The van der Waals surface area contributed by atoms with E-state index in [1.165, 1.54) is 308 Å². The monoisotopic (exact) mass is 1120 g/mol. The summed E-state index contributed by atoms with van der Waals surface area (Å²) in [5, 5.41) is 23.2. The molecule has 0 heterocycles. The Morgan fingerprint density at radius 2 is 0.625 bits per heavy atom. The molecule has 6 heteroatoms. The predicted molar refractivity (Wildman–Crippen MR) is 352 cm³/mol. The molecule has 0 aromatic rings. The molecular formula is C74H139NO5. The van der Waals surface area contributed by atoms with Gasteiger partial charge in [0.05, 0.1) is 25.4 Å². The average Bonchev–Trinajstić information content (AvgIpc) is 3.46. The zero-order valence-corrected chi connectivity index (χ0v) is 53.8. The highest BCUT2D eigenvalue weighted by Gasteiger charge is 2.18. The van der Waals surface area contributed by atoms with Crippen LogP contribution in [0.15, 0.2) is 48.6 Å². The number of rotatable bonds is 67. The van der Waals surface area contributed by atoms with E-state index in [1.807, 2.05) is 6.08 Å². The maximum Gasteiger partial charge on any atom is 0.305 e. The molecule has 0 fully saturated rings. The molecule has 2 atom stereocenters. The third-order valence-electron chi connectivity index (χ3n) is 16.6. The maximum atomic E-state index is 12.5. The van der Waals surface area contributed by atoms with E-state index >= 15 is 0 Å². The summed E-state index contributed by atoms with van der Waals surface area (Å²) >= 11 is 0. The summed E-state index contributed by atoms with van der Waals surface area (Å²) < 4.78 is 5.50. The highest BCUT2D eigenvalue weighted by Crippen LogP contribution is 2.18. The van der Waals surface area contributed by atoms with Gasteiger partial charge in [-0.2, -0.15) is 0 Å². The van der Waals surface area contributed by atoms with Gasteiger partial charge in [0.15, 0.2) is 0 Å². The second kappa shape index (κ2) is 69.3. The van der Waals surface area contributed by atoms with E-state index < -0.39 is 12.1 Å². The molecule has 6 nitrogen and oxygen atoms in total. The van der Waals surface area contributed by atoms with Gasteiger partial charge >= 0.3 is 5.97 Å². The van der Waals surface area contributed by atoms with Crippen molar-refractivity contribution in [2.24, 2.45) is 0 Å². The molecule has 80 heavy (non-hydrogen) atoms. The Labute approximate surface area is 499 Å². The number of nitrogens with one attached hydrogen (secondary N) is 1. The number of unbranched alkanes of at least 4 members (excludes halogenated alkanes) is 50. The fourth-order valence-corrected chi connectivity index (χ4v) is 11.1. The van der Waals surface area contributed by atoms with Crippen LogP contribution in [0.4, 0.5) is 0 Å². The van der Waals surface area contributed by atoms with E-state index in [0.29, 0.717) is 19.4 Å². The Hall–Kier alpha value is -2.18. The molecule has 0 aromatic carbocycles. The lowest BCUT2D eigenvalue weighted by molar-refractivity contribution is -0.143. The molecular weight excluding hydrogens is 983 g/mol. The van der Waals surface area contributed by atoms with Crippen LogP contribution in [0.25, 0.3) is 0 Å². The van der Waals surface area contributed by atoms with E-state index in [9.17, 15) is 19.8 Å². The second-order valence-electron chi connectivity index (χ2n) is 24.6. The van der Waals surface area contributed by atoms with Crippen LogP contribution in [0.3, 0.4) is 0 Å². The number of ether oxygens (including phenoxy) is 1. The average molecular weight is 1120 g/mol. The minimum atomic E-state index is -0.844. The molecule has 3 N–H and O–H groups in total. The molecule has 0 aliphatic rings. The Morgan fingerprint density at radius 3 is 0.963 bits per heavy atom. The number of carbonyl (C=O) groups is 2. The molecule has 0 saturated carbocycles. The molecule has 0 aliphatic heterocycles. The lowest BCUT2D eigenvalue weighted by Gasteiger charge is -2.20. The van der Waals surface area contributed by atoms with Crippen LogP contribution in [0.2, 0.25) is 0 Å². The summed E-state index contributed by atoms with van der Waals surface area (Å²) in [6.07, 6.45) is 90.5. The maximum absolute atomic E-state index is 12.5. The summed E-state index contributed by atoms with van der Waals surface area (Å²) in [6, 6.07) is -0.628. The van der Waals surface area contributed by atoms with Gasteiger partial charge in [-0.15, -0.1) is 0 Å². The Bertz CT molecular complexity index is 1340. The molecule has 0 saturated heterocycles. The Morgan fingerprint density at radius 1 is 0.350 bits per heavy atom. The topological polar surface area (TPSA) is 95.9 Å². The second-order valence-corrected chi connectivity index (χ2v) is 24.6. The summed E-state index contributed by atoms with van der Waals surface area (Å²) in [4.78, 5) is 24.6. The minimum absolute atomic E-state index is 0.00973. The van der Waals surface area contributed by atoms with Gasteiger partial charge in [-0.05, 0) is 89.9 Å². The van der Waals surface area contributed by atoms with E-state index in [0.717, 1.165) is 51.4 Å². The highest BCUT2D eigenvalue weighted by atomic mass is 16.5. The molecule has 1 amide bonds. The van der Waals surface area contributed by atoms with Crippen molar-refractivity contribution in [1.82, 2.24) is 5.32 Å². The first-order valence-corrected chi connectivity index (χ1v) is 35.9. The van der Waals surface area contributed by atoms with Gasteiger partial charge in [-0.3, -0.25) is 9.59 Å². The van der Waals surface area contributed by atoms with Crippen molar-refractivity contribution in [3.63, 3.8) is 0 Å². The van der Waals surface area contributed by atoms with Crippen LogP contribution in [0.1, 0.15) is 386 Å². The van der Waals surface area contributed by atoms with Crippen LogP contribution in [0.5, 0.6) is 0 Å². The SMILES string of the molecule is CCCCCCCC/C=C\CCCCCCCCCC(=O)OCCCCCCCCCCC/C=C\C/C=C\CCCCCCCCCCCCCCCCCC(=O)NC(CO)C(O)/C=C/CCCCCCCCCCCCCCC. The fourth-order valence-electron chi connectivity index (χ4n) is 11.1. The smallest absolute Gasteiger partial charge is 0.305 e. The van der Waals surface area contributed by atoms with Crippen LogP contribution in [0, 0.1) is 0 Å². The lowest BCUT2D eigenvalue weighted by atomic mass is 10.0. The number of aliphatic hydroxyl groups excluding tert-OH is 2. The molecule has 0 aromatic heterocycles. The highest BCUT2D eigenvalue weighted by molar-refractivity contribution is 5.76. The van der Waals surface area contributed by atoms with Crippen molar-refractivity contribution in [2.75, 3.05) is 13.2 Å². The molecule has 470 valence electrons. The number of hydrogen-bond acceptors (Lipinski definition) is 5. The largest absolute Gasteiger partial charge is 0.466 e. The van der Waals surface area contributed by atoms with Gasteiger partial charge in [-0.1, -0.05) is 332 Å². The van der Waals surface area contributed by atoms with Crippen molar-refractivity contribution >= 4 is 11.9 Å². The van der Waals surface area contributed by atoms with Crippen molar-refractivity contribution in [3.8, 4) is 0 Å². The zero-order valence-electron chi connectivity index (χ0n) is 53.8. The van der Waals surface area contributed by atoms with Crippen molar-refractivity contribution in [1.29, 1.82) is 0 Å². The Balaban J connectivity index is 3.40. The molecule has 2 unspecified atom stereocenters. The molecule has 0 rings (SSSR count).